The van der Waals surface area contributed by atoms with Crippen molar-refractivity contribution in [2.45, 2.75) is 19.4 Å². The number of ether oxygens (including phenoxy) is 2. The summed E-state index contributed by atoms with van der Waals surface area (Å²) in [4.78, 5) is 23.2. The molecule has 0 aliphatic carbocycles. The second kappa shape index (κ2) is 6.32. The highest BCUT2D eigenvalue weighted by atomic mass is 35.5. The average molecular weight is 314 g/mol. The number of carbonyl (C=O) groups is 2. The van der Waals surface area contributed by atoms with Crippen LogP contribution in [0.3, 0.4) is 0 Å². The van der Waals surface area contributed by atoms with Crippen LogP contribution in [-0.2, 0) is 9.53 Å². The summed E-state index contributed by atoms with van der Waals surface area (Å²) in [5.41, 5.74) is 0.265. The van der Waals surface area contributed by atoms with Crippen LogP contribution in [0.4, 0.5) is 5.69 Å². The minimum absolute atomic E-state index is 0.0557. The number of amides is 1. The molecule has 7 heteroatoms. The monoisotopic (exact) mass is 313 g/mol. The molecule has 1 aliphatic heterocycles. The van der Waals surface area contributed by atoms with E-state index < -0.39 is 5.97 Å². The number of hydrogen-bond acceptors (Lipinski definition) is 4. The van der Waals surface area contributed by atoms with E-state index in [0.717, 1.165) is 0 Å². The minimum Gasteiger partial charge on any atom is -0.496 e. The molecular formula is C14H16ClNO5. The van der Waals surface area contributed by atoms with Crippen molar-refractivity contribution in [3.05, 3.63) is 22.7 Å². The summed E-state index contributed by atoms with van der Waals surface area (Å²) in [6.45, 7) is 2.28. The number of carboxylic acids is 1. The van der Waals surface area contributed by atoms with Crippen LogP contribution in [0.5, 0.6) is 5.75 Å². The Labute approximate surface area is 127 Å². The molecule has 2 unspecified atom stereocenters. The van der Waals surface area contributed by atoms with E-state index in [0.29, 0.717) is 18.7 Å². The SMILES string of the molecule is COc1cc(NC(=O)C2COC(C)C2)c(Cl)cc1C(=O)O. The molecule has 2 rings (SSSR count). The Bertz CT molecular complexity index is 575. The van der Waals surface area contributed by atoms with Crippen molar-refractivity contribution in [2.75, 3.05) is 19.0 Å². The van der Waals surface area contributed by atoms with Crippen molar-refractivity contribution < 1.29 is 24.2 Å². The first-order chi connectivity index (χ1) is 9.92. The van der Waals surface area contributed by atoms with Crippen molar-refractivity contribution in [3.63, 3.8) is 0 Å². The number of carbonyl (C=O) groups excluding carboxylic acids is 1. The maximum Gasteiger partial charge on any atom is 0.339 e. The van der Waals surface area contributed by atoms with Gasteiger partial charge in [0.05, 0.1) is 36.4 Å². The van der Waals surface area contributed by atoms with E-state index in [9.17, 15) is 9.59 Å². The number of nitrogens with one attached hydrogen (secondary N) is 1. The van der Waals surface area contributed by atoms with Crippen LogP contribution in [0.15, 0.2) is 12.1 Å². The predicted molar refractivity (Wildman–Crippen MR) is 77.1 cm³/mol. The molecule has 0 saturated carbocycles. The smallest absolute Gasteiger partial charge is 0.339 e. The number of benzene rings is 1. The third-order valence-corrected chi connectivity index (χ3v) is 3.66. The van der Waals surface area contributed by atoms with Crippen LogP contribution in [-0.4, -0.2) is 36.8 Å². The van der Waals surface area contributed by atoms with Crippen molar-refractivity contribution in [2.24, 2.45) is 5.92 Å². The van der Waals surface area contributed by atoms with Crippen molar-refractivity contribution in [1.29, 1.82) is 0 Å². The van der Waals surface area contributed by atoms with Gasteiger partial charge in [-0.15, -0.1) is 0 Å². The number of hydrogen-bond donors (Lipinski definition) is 2. The Kier molecular flexibility index (Phi) is 4.69. The fraction of sp³-hybridized carbons (Fsp3) is 0.429. The highest BCUT2D eigenvalue weighted by Gasteiger charge is 2.29. The normalized spacial score (nSPS) is 21.1. The summed E-state index contributed by atoms with van der Waals surface area (Å²) in [5, 5.41) is 11.9. The van der Waals surface area contributed by atoms with E-state index in [-0.39, 0.29) is 34.3 Å². The van der Waals surface area contributed by atoms with Crippen molar-refractivity contribution in [1.82, 2.24) is 0 Å². The molecule has 1 amide bonds. The Balaban J connectivity index is 2.20. The summed E-state index contributed by atoms with van der Waals surface area (Å²) >= 11 is 6.02. The zero-order chi connectivity index (χ0) is 15.6. The molecule has 1 aromatic carbocycles. The van der Waals surface area contributed by atoms with Gasteiger partial charge in [0.1, 0.15) is 11.3 Å². The van der Waals surface area contributed by atoms with E-state index in [1.54, 1.807) is 0 Å². The van der Waals surface area contributed by atoms with E-state index in [4.69, 9.17) is 26.2 Å². The molecule has 1 heterocycles. The van der Waals surface area contributed by atoms with Gasteiger partial charge in [0.2, 0.25) is 5.91 Å². The van der Waals surface area contributed by atoms with Crippen molar-refractivity contribution in [3.8, 4) is 5.75 Å². The molecule has 1 fully saturated rings. The fourth-order valence-electron chi connectivity index (χ4n) is 2.22. The van der Waals surface area contributed by atoms with Crippen LogP contribution in [0.2, 0.25) is 5.02 Å². The van der Waals surface area contributed by atoms with Gasteiger partial charge in [0.25, 0.3) is 0 Å². The molecule has 0 bridgehead atoms. The largest absolute Gasteiger partial charge is 0.496 e. The highest BCUT2D eigenvalue weighted by molar-refractivity contribution is 6.34. The third kappa shape index (κ3) is 3.46. The minimum atomic E-state index is -1.15. The molecule has 0 radical (unpaired) electrons. The summed E-state index contributed by atoms with van der Waals surface area (Å²) in [6.07, 6.45) is 0.702. The van der Waals surface area contributed by atoms with E-state index in [1.165, 1.54) is 19.2 Å². The molecule has 1 saturated heterocycles. The van der Waals surface area contributed by atoms with E-state index >= 15 is 0 Å². The Morgan fingerprint density at radius 1 is 1.48 bits per heavy atom. The first-order valence-electron chi connectivity index (χ1n) is 6.45. The highest BCUT2D eigenvalue weighted by Crippen LogP contribution is 2.32. The number of halogens is 1. The number of carboxylic acid groups (broad SMARTS) is 1. The summed E-state index contributed by atoms with van der Waals surface area (Å²) in [6, 6.07) is 2.66. The summed E-state index contributed by atoms with van der Waals surface area (Å²) in [7, 11) is 1.35. The lowest BCUT2D eigenvalue weighted by molar-refractivity contribution is -0.119. The molecule has 2 N–H and O–H groups in total. The van der Waals surface area contributed by atoms with Gasteiger partial charge in [-0.2, -0.15) is 0 Å². The first kappa shape index (κ1) is 15.6. The van der Waals surface area contributed by atoms with E-state index in [2.05, 4.69) is 5.32 Å². The molecule has 0 spiro atoms. The molecule has 21 heavy (non-hydrogen) atoms. The van der Waals surface area contributed by atoms with Gasteiger partial charge >= 0.3 is 5.97 Å². The van der Waals surface area contributed by atoms with Gasteiger partial charge in [-0.25, -0.2) is 4.79 Å². The second-order valence-electron chi connectivity index (χ2n) is 4.90. The van der Waals surface area contributed by atoms with E-state index in [1.807, 2.05) is 6.92 Å². The lowest BCUT2D eigenvalue weighted by atomic mass is 10.1. The first-order valence-corrected chi connectivity index (χ1v) is 6.83. The quantitative estimate of drug-likeness (QED) is 0.891. The van der Waals surface area contributed by atoms with Crippen LogP contribution in [0.1, 0.15) is 23.7 Å². The zero-order valence-electron chi connectivity index (χ0n) is 11.7. The standard InChI is InChI=1S/C14H16ClNO5/c1-7-3-8(6-21-7)13(17)16-11-5-12(20-2)9(14(18)19)4-10(11)15/h4-5,7-8H,3,6H2,1-2H3,(H,16,17)(H,18,19). The fourth-order valence-corrected chi connectivity index (χ4v) is 2.43. The van der Waals surface area contributed by atoms with Crippen LogP contribution < -0.4 is 10.1 Å². The van der Waals surface area contributed by atoms with Crippen LogP contribution in [0, 0.1) is 5.92 Å². The maximum atomic E-state index is 12.1. The Hall–Kier alpha value is -1.79. The van der Waals surface area contributed by atoms with Gasteiger partial charge in [0, 0.05) is 6.07 Å². The third-order valence-electron chi connectivity index (χ3n) is 3.35. The molecule has 114 valence electrons. The molecule has 6 nitrogen and oxygen atoms in total. The van der Waals surface area contributed by atoms with Gasteiger partial charge < -0.3 is 19.9 Å². The topological polar surface area (TPSA) is 84.9 Å². The lowest BCUT2D eigenvalue weighted by Gasteiger charge is -2.13. The van der Waals surface area contributed by atoms with Gasteiger partial charge in [-0.3, -0.25) is 4.79 Å². The van der Waals surface area contributed by atoms with Gasteiger partial charge in [-0.1, -0.05) is 11.6 Å². The molecule has 0 aromatic heterocycles. The number of rotatable bonds is 4. The lowest BCUT2D eigenvalue weighted by Crippen LogP contribution is -2.23. The molecular weight excluding hydrogens is 298 g/mol. The number of methoxy groups -OCH3 is 1. The van der Waals surface area contributed by atoms with Crippen LogP contribution in [0.25, 0.3) is 0 Å². The van der Waals surface area contributed by atoms with Crippen LogP contribution >= 0.6 is 11.6 Å². The predicted octanol–water partition coefficient (Wildman–Crippen LogP) is 2.41. The van der Waals surface area contributed by atoms with Crippen molar-refractivity contribution >= 4 is 29.2 Å². The summed E-state index contributed by atoms with van der Waals surface area (Å²) in [5.74, 6) is -1.45. The van der Waals surface area contributed by atoms with Gasteiger partial charge in [0.15, 0.2) is 0 Å². The van der Waals surface area contributed by atoms with Gasteiger partial charge in [-0.05, 0) is 19.4 Å². The Morgan fingerprint density at radius 2 is 2.19 bits per heavy atom. The zero-order valence-corrected chi connectivity index (χ0v) is 12.4. The summed E-state index contributed by atoms with van der Waals surface area (Å²) < 4.78 is 10.4. The maximum absolute atomic E-state index is 12.1. The number of aromatic carboxylic acids is 1. The average Bonchev–Trinajstić information content (AvgIpc) is 2.87. The Morgan fingerprint density at radius 3 is 2.71 bits per heavy atom. The molecule has 1 aliphatic rings. The molecule has 1 aromatic rings. The molecule has 2 atom stereocenters. The number of anilines is 1. The second-order valence-corrected chi connectivity index (χ2v) is 5.31.